The van der Waals surface area contributed by atoms with Crippen LogP contribution in [0.25, 0.3) is 5.69 Å². The van der Waals surface area contributed by atoms with Gasteiger partial charge in [0.1, 0.15) is 0 Å². The predicted octanol–water partition coefficient (Wildman–Crippen LogP) is 6.27. The van der Waals surface area contributed by atoms with Gasteiger partial charge in [-0.3, -0.25) is 4.99 Å². The van der Waals surface area contributed by atoms with E-state index < -0.39 is 5.97 Å². The first-order chi connectivity index (χ1) is 12.8. The Morgan fingerprint density at radius 3 is 2.56 bits per heavy atom. The van der Waals surface area contributed by atoms with Gasteiger partial charge in [-0.05, 0) is 68.8 Å². The molecule has 0 fully saturated rings. The summed E-state index contributed by atoms with van der Waals surface area (Å²) in [6.45, 7) is 5.98. The second-order valence-electron chi connectivity index (χ2n) is 6.32. The Labute approximate surface area is 171 Å². The fraction of sp³-hybridized carbons (Fsp3) is 0.143. The zero-order chi connectivity index (χ0) is 19.7. The van der Waals surface area contributed by atoms with Gasteiger partial charge in [0.05, 0.1) is 16.3 Å². The molecular formula is C21H18BrClN2O2. The Balaban J connectivity index is 2.02. The van der Waals surface area contributed by atoms with Crippen LogP contribution in [0, 0.1) is 20.8 Å². The van der Waals surface area contributed by atoms with E-state index in [-0.39, 0.29) is 10.6 Å². The number of aliphatic imine (C=N–C) groups is 1. The van der Waals surface area contributed by atoms with Crippen LogP contribution < -0.4 is 0 Å². The maximum atomic E-state index is 11.4. The number of halogens is 2. The summed E-state index contributed by atoms with van der Waals surface area (Å²) < 4.78 is 3.02. The van der Waals surface area contributed by atoms with Gasteiger partial charge in [0.15, 0.2) is 0 Å². The van der Waals surface area contributed by atoms with Gasteiger partial charge in [-0.2, -0.15) is 0 Å². The number of carbonyl (C=O) groups is 1. The smallest absolute Gasteiger partial charge is 0.337 e. The predicted molar refractivity (Wildman–Crippen MR) is 113 cm³/mol. The average Bonchev–Trinajstić information content (AvgIpc) is 2.88. The topological polar surface area (TPSA) is 54.6 Å². The van der Waals surface area contributed by atoms with E-state index in [0.29, 0.717) is 0 Å². The zero-order valence-corrected chi connectivity index (χ0v) is 17.5. The van der Waals surface area contributed by atoms with E-state index in [9.17, 15) is 9.90 Å². The van der Waals surface area contributed by atoms with Crippen LogP contribution >= 0.6 is 27.5 Å². The Kier molecular flexibility index (Phi) is 5.53. The summed E-state index contributed by atoms with van der Waals surface area (Å²) in [4.78, 5) is 16.0. The highest BCUT2D eigenvalue weighted by Crippen LogP contribution is 2.26. The largest absolute Gasteiger partial charge is 0.478 e. The van der Waals surface area contributed by atoms with Crippen LogP contribution in [0.3, 0.4) is 0 Å². The van der Waals surface area contributed by atoms with Crippen LogP contribution in [-0.4, -0.2) is 21.9 Å². The number of carboxylic acids is 1. The first kappa shape index (κ1) is 19.4. The number of carboxylic acid groups (broad SMARTS) is 1. The summed E-state index contributed by atoms with van der Waals surface area (Å²) >= 11 is 9.45. The molecule has 0 aliphatic rings. The molecule has 0 aliphatic heterocycles. The summed E-state index contributed by atoms with van der Waals surface area (Å²) in [6, 6.07) is 13.0. The van der Waals surface area contributed by atoms with Gasteiger partial charge in [0.25, 0.3) is 0 Å². The highest BCUT2D eigenvalue weighted by atomic mass is 79.9. The lowest BCUT2D eigenvalue weighted by molar-refractivity contribution is 0.0697. The molecule has 0 aliphatic carbocycles. The van der Waals surface area contributed by atoms with Crippen molar-refractivity contribution in [3.05, 3.63) is 80.0 Å². The van der Waals surface area contributed by atoms with Crippen molar-refractivity contribution in [3.63, 3.8) is 0 Å². The van der Waals surface area contributed by atoms with Crippen LogP contribution in [0.4, 0.5) is 5.69 Å². The lowest BCUT2D eigenvalue weighted by Gasteiger charge is -2.11. The first-order valence-electron chi connectivity index (χ1n) is 8.30. The first-order valence-corrected chi connectivity index (χ1v) is 9.47. The number of rotatable bonds is 4. The van der Waals surface area contributed by atoms with Gasteiger partial charge in [0.2, 0.25) is 0 Å². The molecule has 0 saturated carbocycles. The number of aryl methyl sites for hydroxylation is 2. The van der Waals surface area contributed by atoms with E-state index >= 15 is 0 Å². The molecule has 2 aromatic carbocycles. The fourth-order valence-electron chi connectivity index (χ4n) is 3.03. The molecule has 4 nitrogen and oxygen atoms in total. The number of hydrogen-bond donors (Lipinski definition) is 1. The molecule has 0 spiro atoms. The van der Waals surface area contributed by atoms with E-state index in [1.54, 1.807) is 12.1 Å². The highest BCUT2D eigenvalue weighted by Gasteiger charge is 2.14. The summed E-state index contributed by atoms with van der Waals surface area (Å²) in [5.74, 6) is -1.04. The molecule has 6 heteroatoms. The molecule has 0 radical (unpaired) electrons. The molecule has 0 saturated heterocycles. The monoisotopic (exact) mass is 444 g/mol. The summed E-state index contributed by atoms with van der Waals surface area (Å²) in [7, 11) is 0. The fourth-order valence-corrected chi connectivity index (χ4v) is 3.71. The third kappa shape index (κ3) is 3.99. The quantitative estimate of drug-likeness (QED) is 0.481. The van der Waals surface area contributed by atoms with Crippen molar-refractivity contribution >= 4 is 45.4 Å². The second-order valence-corrected chi connectivity index (χ2v) is 7.64. The van der Waals surface area contributed by atoms with E-state index in [1.165, 1.54) is 0 Å². The van der Waals surface area contributed by atoms with Crippen molar-refractivity contribution in [2.75, 3.05) is 0 Å². The molecule has 1 aromatic heterocycles. The average molecular weight is 446 g/mol. The Bertz CT molecular complexity index is 1070. The van der Waals surface area contributed by atoms with Gasteiger partial charge in [-0.15, -0.1) is 0 Å². The number of aromatic nitrogens is 1. The third-order valence-corrected chi connectivity index (χ3v) is 5.23. The highest BCUT2D eigenvalue weighted by molar-refractivity contribution is 9.10. The molecule has 0 atom stereocenters. The van der Waals surface area contributed by atoms with E-state index in [4.69, 9.17) is 11.6 Å². The summed E-state index contributed by atoms with van der Waals surface area (Å²) in [5, 5.41) is 9.54. The standard InChI is InChI=1S/C21H18BrClN2O2/c1-12-8-16(22)4-7-20(12)24-11-15-9-13(2)25(14(15)3)17-5-6-19(23)18(10-17)21(26)27/h4-11H,1-3H3,(H,26,27). The summed E-state index contributed by atoms with van der Waals surface area (Å²) in [5.41, 5.74) is 5.76. The summed E-state index contributed by atoms with van der Waals surface area (Å²) in [6.07, 6.45) is 1.84. The van der Waals surface area contributed by atoms with Gasteiger partial charge in [-0.1, -0.05) is 27.5 Å². The van der Waals surface area contributed by atoms with Crippen molar-refractivity contribution in [1.29, 1.82) is 0 Å². The Morgan fingerprint density at radius 2 is 1.89 bits per heavy atom. The van der Waals surface area contributed by atoms with Gasteiger partial charge < -0.3 is 9.67 Å². The van der Waals surface area contributed by atoms with Crippen molar-refractivity contribution in [2.45, 2.75) is 20.8 Å². The number of hydrogen-bond acceptors (Lipinski definition) is 2. The maximum Gasteiger partial charge on any atom is 0.337 e. The van der Waals surface area contributed by atoms with Crippen molar-refractivity contribution in [2.24, 2.45) is 4.99 Å². The lowest BCUT2D eigenvalue weighted by atomic mass is 10.2. The maximum absolute atomic E-state index is 11.4. The normalized spacial score (nSPS) is 11.3. The SMILES string of the molecule is Cc1cc(Br)ccc1N=Cc1cc(C)n(-c2ccc(Cl)c(C(=O)O)c2)c1C. The van der Waals surface area contributed by atoms with Crippen molar-refractivity contribution in [1.82, 2.24) is 4.57 Å². The van der Waals surface area contributed by atoms with E-state index in [2.05, 4.69) is 20.9 Å². The van der Waals surface area contributed by atoms with Crippen LogP contribution in [0.15, 0.2) is 51.9 Å². The van der Waals surface area contributed by atoms with Crippen LogP contribution in [0.5, 0.6) is 0 Å². The molecule has 3 rings (SSSR count). The van der Waals surface area contributed by atoms with Gasteiger partial charge in [-0.25, -0.2) is 4.79 Å². The van der Waals surface area contributed by atoms with Crippen LogP contribution in [-0.2, 0) is 0 Å². The molecule has 138 valence electrons. The second kappa shape index (κ2) is 7.71. The Morgan fingerprint density at radius 1 is 1.15 bits per heavy atom. The van der Waals surface area contributed by atoms with Crippen molar-refractivity contribution < 1.29 is 9.90 Å². The molecule has 1 N–H and O–H groups in total. The minimum Gasteiger partial charge on any atom is -0.478 e. The van der Waals surface area contributed by atoms with E-state index in [0.717, 1.165) is 38.4 Å². The molecular weight excluding hydrogens is 428 g/mol. The molecule has 0 amide bonds. The minimum atomic E-state index is -1.04. The number of benzene rings is 2. The molecule has 3 aromatic rings. The third-order valence-electron chi connectivity index (χ3n) is 4.41. The Hall–Kier alpha value is -2.37. The molecule has 27 heavy (non-hydrogen) atoms. The van der Waals surface area contributed by atoms with Crippen LogP contribution in [0.2, 0.25) is 5.02 Å². The van der Waals surface area contributed by atoms with Gasteiger partial charge >= 0.3 is 5.97 Å². The lowest BCUT2D eigenvalue weighted by Crippen LogP contribution is -2.03. The molecule has 0 bridgehead atoms. The van der Waals surface area contributed by atoms with Crippen molar-refractivity contribution in [3.8, 4) is 5.69 Å². The van der Waals surface area contributed by atoms with Crippen LogP contribution in [0.1, 0.15) is 32.9 Å². The molecule has 0 unspecified atom stereocenters. The van der Waals surface area contributed by atoms with E-state index in [1.807, 2.05) is 61.9 Å². The number of aromatic carboxylic acids is 1. The zero-order valence-electron chi connectivity index (χ0n) is 15.1. The molecule has 1 heterocycles. The minimum absolute atomic E-state index is 0.0855. The van der Waals surface area contributed by atoms with Gasteiger partial charge in [0, 0.05) is 33.3 Å². The number of nitrogens with zero attached hydrogens (tertiary/aromatic N) is 2.